The number of hydrogen-bond donors (Lipinski definition) is 1. The number of carboxylic acid groups (broad SMARTS) is 1. The standard InChI is InChI=1S/C14H12N2O4/c17-14(18)13-12(15-4-5-16-13)9-2-3-10-11(8-9)20-7-1-6-19-10/h2-5,8H,1,6-7H2,(H,17,18). The van der Waals surface area contributed by atoms with E-state index in [2.05, 4.69) is 9.97 Å². The first kappa shape index (κ1) is 12.4. The molecule has 2 heterocycles. The van der Waals surface area contributed by atoms with E-state index in [9.17, 15) is 4.79 Å². The Hall–Kier alpha value is -2.63. The second-order valence-corrected chi connectivity index (χ2v) is 4.27. The van der Waals surface area contributed by atoms with E-state index >= 15 is 0 Å². The lowest BCUT2D eigenvalue weighted by Crippen LogP contribution is -2.04. The number of hydrogen-bond acceptors (Lipinski definition) is 5. The fourth-order valence-corrected chi connectivity index (χ4v) is 2.02. The number of benzene rings is 1. The second kappa shape index (κ2) is 5.16. The Balaban J connectivity index is 2.07. The van der Waals surface area contributed by atoms with Crippen LogP contribution in [-0.2, 0) is 0 Å². The van der Waals surface area contributed by atoms with E-state index < -0.39 is 5.97 Å². The summed E-state index contributed by atoms with van der Waals surface area (Å²) in [5.41, 5.74) is 0.873. The highest BCUT2D eigenvalue weighted by Crippen LogP contribution is 2.34. The summed E-state index contributed by atoms with van der Waals surface area (Å²) >= 11 is 0. The van der Waals surface area contributed by atoms with E-state index in [0.717, 1.165) is 6.42 Å². The molecule has 0 amide bonds. The van der Waals surface area contributed by atoms with Crippen LogP contribution in [0.1, 0.15) is 16.9 Å². The van der Waals surface area contributed by atoms with Crippen molar-refractivity contribution in [2.45, 2.75) is 6.42 Å². The first-order valence-electron chi connectivity index (χ1n) is 6.20. The minimum absolute atomic E-state index is 0.0815. The zero-order valence-electron chi connectivity index (χ0n) is 10.6. The largest absolute Gasteiger partial charge is 0.490 e. The number of nitrogens with zero attached hydrogens (tertiary/aromatic N) is 2. The van der Waals surface area contributed by atoms with Crippen molar-refractivity contribution in [2.75, 3.05) is 13.2 Å². The monoisotopic (exact) mass is 272 g/mol. The summed E-state index contributed by atoms with van der Waals surface area (Å²) in [5, 5.41) is 9.15. The van der Waals surface area contributed by atoms with Crippen LogP contribution >= 0.6 is 0 Å². The maximum absolute atomic E-state index is 11.2. The average Bonchev–Trinajstić information content (AvgIpc) is 2.71. The molecule has 0 spiro atoms. The van der Waals surface area contributed by atoms with Crippen LogP contribution in [-0.4, -0.2) is 34.3 Å². The van der Waals surface area contributed by atoms with Crippen molar-refractivity contribution in [3.05, 3.63) is 36.3 Å². The molecule has 3 rings (SSSR count). The van der Waals surface area contributed by atoms with E-state index in [4.69, 9.17) is 14.6 Å². The molecular formula is C14H12N2O4. The molecule has 0 atom stereocenters. The van der Waals surface area contributed by atoms with Gasteiger partial charge in [-0.15, -0.1) is 0 Å². The summed E-state index contributed by atoms with van der Waals surface area (Å²) in [5.74, 6) is 0.147. The van der Waals surface area contributed by atoms with Crippen LogP contribution in [0.2, 0.25) is 0 Å². The van der Waals surface area contributed by atoms with Crippen molar-refractivity contribution in [1.29, 1.82) is 0 Å². The van der Waals surface area contributed by atoms with Crippen LogP contribution in [0.4, 0.5) is 0 Å². The molecule has 0 radical (unpaired) electrons. The molecule has 1 aliphatic heterocycles. The summed E-state index contributed by atoms with van der Waals surface area (Å²) in [7, 11) is 0. The highest BCUT2D eigenvalue weighted by Gasteiger charge is 2.17. The third-order valence-electron chi connectivity index (χ3n) is 2.92. The summed E-state index contributed by atoms with van der Waals surface area (Å²) in [6.07, 6.45) is 3.64. The molecule has 0 saturated heterocycles. The van der Waals surface area contributed by atoms with Gasteiger partial charge in [-0.2, -0.15) is 0 Å². The number of fused-ring (bicyclic) bond motifs is 1. The van der Waals surface area contributed by atoms with E-state index in [1.807, 2.05) is 0 Å². The first-order chi connectivity index (χ1) is 9.75. The molecule has 1 aromatic heterocycles. The molecule has 0 saturated carbocycles. The summed E-state index contributed by atoms with van der Waals surface area (Å²) in [4.78, 5) is 19.1. The molecule has 0 fully saturated rings. The normalized spacial score (nSPS) is 13.6. The highest BCUT2D eigenvalue weighted by atomic mass is 16.5. The third kappa shape index (κ3) is 2.27. The topological polar surface area (TPSA) is 81.5 Å². The molecule has 1 aromatic carbocycles. The van der Waals surface area contributed by atoms with Crippen LogP contribution in [0, 0.1) is 0 Å². The van der Waals surface area contributed by atoms with E-state index in [-0.39, 0.29) is 5.69 Å². The van der Waals surface area contributed by atoms with Crippen LogP contribution in [0.25, 0.3) is 11.3 Å². The Morgan fingerprint density at radius 1 is 1.10 bits per heavy atom. The minimum Gasteiger partial charge on any atom is -0.490 e. The quantitative estimate of drug-likeness (QED) is 0.900. The molecule has 2 aromatic rings. The van der Waals surface area contributed by atoms with E-state index in [0.29, 0.717) is 36.0 Å². The van der Waals surface area contributed by atoms with E-state index in [1.165, 1.54) is 12.4 Å². The minimum atomic E-state index is -1.11. The maximum Gasteiger partial charge on any atom is 0.356 e. The Bertz CT molecular complexity index is 657. The van der Waals surface area contributed by atoms with Gasteiger partial charge < -0.3 is 14.6 Å². The number of carbonyl (C=O) groups is 1. The second-order valence-electron chi connectivity index (χ2n) is 4.27. The SMILES string of the molecule is O=C(O)c1nccnc1-c1ccc2c(c1)OCCCO2. The predicted octanol–water partition coefficient (Wildman–Crippen LogP) is 2.00. The molecule has 102 valence electrons. The van der Waals surface area contributed by atoms with Crippen molar-refractivity contribution in [1.82, 2.24) is 9.97 Å². The molecule has 1 N–H and O–H groups in total. The number of carboxylic acids is 1. The molecule has 0 bridgehead atoms. The van der Waals surface area contributed by atoms with Gasteiger partial charge in [-0.05, 0) is 18.2 Å². The fraction of sp³-hybridized carbons (Fsp3) is 0.214. The number of ether oxygens (including phenoxy) is 2. The number of aromatic carboxylic acids is 1. The number of aromatic nitrogens is 2. The zero-order valence-corrected chi connectivity index (χ0v) is 10.6. The first-order valence-corrected chi connectivity index (χ1v) is 6.20. The average molecular weight is 272 g/mol. The molecule has 20 heavy (non-hydrogen) atoms. The molecule has 6 heteroatoms. The Morgan fingerprint density at radius 3 is 2.65 bits per heavy atom. The molecule has 0 aliphatic carbocycles. The molecule has 1 aliphatic rings. The van der Waals surface area contributed by atoms with Crippen molar-refractivity contribution in [3.63, 3.8) is 0 Å². The Labute approximate surface area is 115 Å². The Morgan fingerprint density at radius 2 is 1.85 bits per heavy atom. The maximum atomic E-state index is 11.2. The third-order valence-corrected chi connectivity index (χ3v) is 2.92. The van der Waals surface area contributed by atoms with Gasteiger partial charge in [0.25, 0.3) is 0 Å². The smallest absolute Gasteiger partial charge is 0.356 e. The van der Waals surface area contributed by atoms with Crippen molar-refractivity contribution in [2.24, 2.45) is 0 Å². The van der Waals surface area contributed by atoms with Crippen LogP contribution < -0.4 is 9.47 Å². The van der Waals surface area contributed by atoms with Crippen molar-refractivity contribution in [3.8, 4) is 22.8 Å². The molecular weight excluding hydrogens is 260 g/mol. The van der Waals surface area contributed by atoms with Gasteiger partial charge in [-0.25, -0.2) is 9.78 Å². The summed E-state index contributed by atoms with van der Waals surface area (Å²) in [6.45, 7) is 1.18. The Kier molecular flexibility index (Phi) is 3.20. The van der Waals surface area contributed by atoms with Crippen LogP contribution in [0.5, 0.6) is 11.5 Å². The van der Waals surface area contributed by atoms with Gasteiger partial charge in [-0.1, -0.05) is 0 Å². The summed E-state index contributed by atoms with van der Waals surface area (Å²) < 4.78 is 11.1. The van der Waals surface area contributed by atoms with Gasteiger partial charge in [0.1, 0.15) is 5.69 Å². The molecule has 6 nitrogen and oxygen atoms in total. The lowest BCUT2D eigenvalue weighted by Gasteiger charge is -2.09. The lowest BCUT2D eigenvalue weighted by molar-refractivity contribution is 0.0691. The van der Waals surface area contributed by atoms with Crippen LogP contribution in [0.15, 0.2) is 30.6 Å². The van der Waals surface area contributed by atoms with Crippen molar-refractivity contribution < 1.29 is 19.4 Å². The van der Waals surface area contributed by atoms with E-state index in [1.54, 1.807) is 18.2 Å². The number of rotatable bonds is 2. The van der Waals surface area contributed by atoms with Gasteiger partial charge in [0.2, 0.25) is 0 Å². The van der Waals surface area contributed by atoms with Gasteiger partial charge in [0, 0.05) is 24.4 Å². The van der Waals surface area contributed by atoms with Gasteiger partial charge in [0.05, 0.1) is 13.2 Å². The fourth-order valence-electron chi connectivity index (χ4n) is 2.02. The molecule has 0 unspecified atom stereocenters. The van der Waals surface area contributed by atoms with Gasteiger partial charge in [0.15, 0.2) is 17.2 Å². The van der Waals surface area contributed by atoms with Gasteiger partial charge >= 0.3 is 5.97 Å². The van der Waals surface area contributed by atoms with Gasteiger partial charge in [-0.3, -0.25) is 4.98 Å². The van der Waals surface area contributed by atoms with Crippen molar-refractivity contribution >= 4 is 5.97 Å². The lowest BCUT2D eigenvalue weighted by atomic mass is 10.1. The zero-order chi connectivity index (χ0) is 13.9. The highest BCUT2D eigenvalue weighted by molar-refractivity contribution is 5.92. The predicted molar refractivity (Wildman–Crippen MR) is 70.0 cm³/mol. The summed E-state index contributed by atoms with van der Waals surface area (Å²) in [6, 6.07) is 5.25. The van der Waals surface area contributed by atoms with Crippen LogP contribution in [0.3, 0.4) is 0 Å².